The number of imidazole rings is 1. The first-order valence-electron chi connectivity index (χ1n) is 10.5. The van der Waals surface area contributed by atoms with Crippen LogP contribution in [0.3, 0.4) is 0 Å². The summed E-state index contributed by atoms with van der Waals surface area (Å²) in [6.07, 6.45) is 0. The van der Waals surface area contributed by atoms with Crippen LogP contribution in [0.5, 0.6) is 11.6 Å². The molecule has 31 heavy (non-hydrogen) atoms. The van der Waals surface area contributed by atoms with E-state index < -0.39 is 0 Å². The zero-order valence-electron chi connectivity index (χ0n) is 18.0. The van der Waals surface area contributed by atoms with Gasteiger partial charge in [-0.15, -0.1) is 0 Å². The lowest BCUT2D eigenvalue weighted by molar-refractivity contribution is 0.105. The third-order valence-corrected chi connectivity index (χ3v) is 4.88. The Bertz CT molecular complexity index is 1110. The van der Waals surface area contributed by atoms with Crippen LogP contribution in [0.25, 0.3) is 11.0 Å². The molecule has 2 heterocycles. The van der Waals surface area contributed by atoms with Crippen LogP contribution in [-0.4, -0.2) is 27.7 Å². The second-order valence-electron chi connectivity index (χ2n) is 7.21. The highest BCUT2D eigenvalue weighted by Gasteiger charge is 2.17. The predicted octanol–water partition coefficient (Wildman–Crippen LogP) is 5.29. The van der Waals surface area contributed by atoms with Gasteiger partial charge in [-0.25, -0.2) is 9.97 Å². The molecule has 160 valence electrons. The lowest BCUT2D eigenvalue weighted by Crippen LogP contribution is -2.11. The first-order chi connectivity index (χ1) is 15.2. The van der Waals surface area contributed by atoms with Crippen molar-refractivity contribution in [3.05, 3.63) is 83.8 Å². The highest BCUT2D eigenvalue weighted by molar-refractivity contribution is 5.81. The summed E-state index contributed by atoms with van der Waals surface area (Å²) in [7, 11) is 0. The van der Waals surface area contributed by atoms with Gasteiger partial charge in [0, 0.05) is 18.8 Å². The van der Waals surface area contributed by atoms with Crippen molar-refractivity contribution in [3.8, 4) is 11.6 Å². The predicted molar refractivity (Wildman–Crippen MR) is 120 cm³/mol. The average molecular weight is 418 g/mol. The quantitative estimate of drug-likeness (QED) is 0.328. The van der Waals surface area contributed by atoms with Gasteiger partial charge in [0.15, 0.2) is 5.52 Å². The first-order valence-corrected chi connectivity index (χ1v) is 10.5. The van der Waals surface area contributed by atoms with Gasteiger partial charge in [0.05, 0.1) is 18.7 Å². The molecular weight excluding hydrogens is 390 g/mol. The average Bonchev–Trinajstić information content (AvgIpc) is 3.14. The van der Waals surface area contributed by atoms with E-state index in [2.05, 4.69) is 21.7 Å². The fourth-order valence-electron chi connectivity index (χ4n) is 3.40. The summed E-state index contributed by atoms with van der Waals surface area (Å²) in [5, 5.41) is 0. The summed E-state index contributed by atoms with van der Waals surface area (Å²) >= 11 is 0. The van der Waals surface area contributed by atoms with Crippen molar-refractivity contribution in [1.29, 1.82) is 0 Å². The molecule has 0 aliphatic rings. The SMILES string of the molecule is CCOCc1nc2c(Oc3ccccc3)nc(C)cc2n1CCOCc1ccccc1. The van der Waals surface area contributed by atoms with Crippen LogP contribution in [0, 0.1) is 6.92 Å². The zero-order valence-corrected chi connectivity index (χ0v) is 18.0. The first kappa shape index (κ1) is 21.0. The molecule has 2 aromatic carbocycles. The van der Waals surface area contributed by atoms with E-state index in [1.165, 1.54) is 0 Å². The van der Waals surface area contributed by atoms with Crippen molar-refractivity contribution in [2.24, 2.45) is 0 Å². The topological polar surface area (TPSA) is 58.4 Å². The molecule has 0 saturated carbocycles. The van der Waals surface area contributed by atoms with E-state index in [4.69, 9.17) is 19.2 Å². The molecular formula is C25H27N3O3. The maximum Gasteiger partial charge on any atom is 0.247 e. The lowest BCUT2D eigenvalue weighted by atomic mass is 10.2. The molecule has 0 atom stereocenters. The number of aromatic nitrogens is 3. The number of benzene rings is 2. The summed E-state index contributed by atoms with van der Waals surface area (Å²) in [5.74, 6) is 2.07. The van der Waals surface area contributed by atoms with Gasteiger partial charge in [0.1, 0.15) is 18.2 Å². The summed E-state index contributed by atoms with van der Waals surface area (Å²) in [6.45, 7) is 6.80. The number of aryl methyl sites for hydroxylation is 1. The van der Waals surface area contributed by atoms with Gasteiger partial charge >= 0.3 is 0 Å². The number of para-hydroxylation sites is 1. The Balaban J connectivity index is 1.59. The van der Waals surface area contributed by atoms with Crippen LogP contribution in [0.1, 0.15) is 24.0 Å². The Morgan fingerprint density at radius 3 is 2.35 bits per heavy atom. The summed E-state index contributed by atoms with van der Waals surface area (Å²) in [5.41, 5.74) is 3.72. The Morgan fingerprint density at radius 1 is 0.871 bits per heavy atom. The number of rotatable bonds is 10. The molecule has 4 rings (SSSR count). The Kier molecular flexibility index (Phi) is 6.92. The van der Waals surface area contributed by atoms with Gasteiger partial charge in [-0.3, -0.25) is 0 Å². The molecule has 0 aliphatic carbocycles. The zero-order chi connectivity index (χ0) is 21.5. The second-order valence-corrected chi connectivity index (χ2v) is 7.21. The van der Waals surface area contributed by atoms with Crippen molar-refractivity contribution in [2.45, 2.75) is 33.6 Å². The molecule has 6 nitrogen and oxygen atoms in total. The number of hydrogen-bond donors (Lipinski definition) is 0. The van der Waals surface area contributed by atoms with Gasteiger partial charge in [0.2, 0.25) is 5.88 Å². The molecule has 4 aromatic rings. The Hall–Kier alpha value is -3.22. The van der Waals surface area contributed by atoms with Crippen molar-refractivity contribution in [1.82, 2.24) is 14.5 Å². The monoisotopic (exact) mass is 417 g/mol. The lowest BCUT2D eigenvalue weighted by Gasteiger charge is -2.11. The highest BCUT2D eigenvalue weighted by Crippen LogP contribution is 2.29. The molecule has 0 spiro atoms. The smallest absolute Gasteiger partial charge is 0.247 e. The molecule has 2 aromatic heterocycles. The van der Waals surface area contributed by atoms with E-state index in [0.29, 0.717) is 38.9 Å². The normalized spacial score (nSPS) is 11.2. The minimum absolute atomic E-state index is 0.424. The third-order valence-electron chi connectivity index (χ3n) is 4.88. The third kappa shape index (κ3) is 5.29. The van der Waals surface area contributed by atoms with Crippen LogP contribution < -0.4 is 4.74 Å². The van der Waals surface area contributed by atoms with Gasteiger partial charge in [0.25, 0.3) is 0 Å². The molecule has 0 radical (unpaired) electrons. The van der Waals surface area contributed by atoms with Crippen molar-refractivity contribution in [3.63, 3.8) is 0 Å². The molecule has 0 fully saturated rings. The molecule has 6 heteroatoms. The van der Waals surface area contributed by atoms with Gasteiger partial charge in [-0.2, -0.15) is 0 Å². The fraction of sp³-hybridized carbons (Fsp3) is 0.280. The maximum absolute atomic E-state index is 6.07. The molecule has 0 saturated heterocycles. The largest absolute Gasteiger partial charge is 0.437 e. The van der Waals surface area contributed by atoms with E-state index in [-0.39, 0.29) is 0 Å². The maximum atomic E-state index is 6.07. The molecule has 0 amide bonds. The van der Waals surface area contributed by atoms with Gasteiger partial charge in [-0.1, -0.05) is 48.5 Å². The van der Waals surface area contributed by atoms with Gasteiger partial charge < -0.3 is 18.8 Å². The molecule has 0 aliphatic heterocycles. The van der Waals surface area contributed by atoms with E-state index in [9.17, 15) is 0 Å². The number of nitrogens with zero attached hydrogens (tertiary/aromatic N) is 3. The highest BCUT2D eigenvalue weighted by atomic mass is 16.5. The molecule has 0 unspecified atom stereocenters. The summed E-state index contributed by atoms with van der Waals surface area (Å²) in [6, 6.07) is 21.9. The van der Waals surface area contributed by atoms with Crippen molar-refractivity contribution < 1.29 is 14.2 Å². The minimum Gasteiger partial charge on any atom is -0.437 e. The van der Waals surface area contributed by atoms with Crippen LogP contribution >= 0.6 is 0 Å². The van der Waals surface area contributed by atoms with E-state index in [0.717, 1.165) is 33.9 Å². The van der Waals surface area contributed by atoms with Crippen LogP contribution in [0.15, 0.2) is 66.7 Å². The second kappa shape index (κ2) is 10.2. The van der Waals surface area contributed by atoms with Crippen LogP contribution in [0.2, 0.25) is 0 Å². The Labute approximate surface area is 182 Å². The standard InChI is InChI=1S/C25H27N3O3/c1-3-29-18-23-27-24-22(28(23)14-15-30-17-20-10-6-4-7-11-20)16-19(2)26-25(24)31-21-12-8-5-9-13-21/h4-13,16H,3,14-15,17-18H2,1-2H3. The molecule has 0 N–H and O–H groups in total. The molecule has 0 bridgehead atoms. The van der Waals surface area contributed by atoms with Gasteiger partial charge in [-0.05, 0) is 37.6 Å². The number of ether oxygens (including phenoxy) is 3. The van der Waals surface area contributed by atoms with Crippen LogP contribution in [0.4, 0.5) is 0 Å². The number of hydrogen-bond acceptors (Lipinski definition) is 5. The van der Waals surface area contributed by atoms with Crippen LogP contribution in [-0.2, 0) is 29.2 Å². The summed E-state index contributed by atoms with van der Waals surface area (Å²) < 4.78 is 19.8. The van der Waals surface area contributed by atoms with E-state index >= 15 is 0 Å². The van der Waals surface area contributed by atoms with Crippen molar-refractivity contribution in [2.75, 3.05) is 13.2 Å². The number of pyridine rings is 1. The Morgan fingerprint density at radius 2 is 1.61 bits per heavy atom. The van der Waals surface area contributed by atoms with Crippen molar-refractivity contribution >= 4 is 11.0 Å². The summed E-state index contributed by atoms with van der Waals surface area (Å²) in [4.78, 5) is 9.42. The number of fused-ring (bicyclic) bond motifs is 1. The van der Waals surface area contributed by atoms with E-state index in [1.54, 1.807) is 0 Å². The fourth-order valence-corrected chi connectivity index (χ4v) is 3.40. The minimum atomic E-state index is 0.424. The van der Waals surface area contributed by atoms with E-state index in [1.807, 2.05) is 68.4 Å².